The highest BCUT2D eigenvalue weighted by molar-refractivity contribution is 5.72. The zero-order valence-electron chi connectivity index (χ0n) is 12.0. The quantitative estimate of drug-likeness (QED) is 0.847. The van der Waals surface area contributed by atoms with Crippen LogP contribution in [0.2, 0.25) is 0 Å². The SMILES string of the molecule is COC(=O)Cc1ccccc1CNc1cn(C)nc1C. The van der Waals surface area contributed by atoms with Crippen LogP contribution in [-0.4, -0.2) is 22.9 Å². The van der Waals surface area contributed by atoms with Crippen molar-refractivity contribution in [2.45, 2.75) is 19.9 Å². The molecule has 0 aliphatic carbocycles. The largest absolute Gasteiger partial charge is 0.469 e. The standard InChI is InChI=1S/C15H19N3O2/c1-11-14(10-18(2)17-11)16-9-13-7-5-4-6-12(13)8-15(19)20-3/h4-7,10,16H,8-9H2,1-3H3. The number of carbonyl (C=O) groups is 1. The van der Waals surface area contributed by atoms with Crippen molar-refractivity contribution >= 4 is 11.7 Å². The third-order valence-corrected chi connectivity index (χ3v) is 3.16. The minimum atomic E-state index is -0.227. The molecular weight excluding hydrogens is 254 g/mol. The average molecular weight is 273 g/mol. The maximum absolute atomic E-state index is 11.4. The maximum Gasteiger partial charge on any atom is 0.309 e. The molecule has 0 bridgehead atoms. The van der Waals surface area contributed by atoms with Gasteiger partial charge in [-0.05, 0) is 18.1 Å². The lowest BCUT2D eigenvalue weighted by atomic mass is 10.0. The number of aromatic nitrogens is 2. The Balaban J connectivity index is 2.09. The first-order chi connectivity index (χ1) is 9.60. The van der Waals surface area contributed by atoms with E-state index in [1.165, 1.54) is 7.11 Å². The second kappa shape index (κ2) is 6.23. The molecule has 1 aromatic heterocycles. The van der Waals surface area contributed by atoms with Crippen LogP contribution in [-0.2, 0) is 29.5 Å². The Labute approximate surface area is 118 Å². The summed E-state index contributed by atoms with van der Waals surface area (Å²) in [7, 11) is 3.30. The zero-order chi connectivity index (χ0) is 14.5. The van der Waals surface area contributed by atoms with E-state index in [4.69, 9.17) is 4.74 Å². The summed E-state index contributed by atoms with van der Waals surface area (Å²) in [4.78, 5) is 11.4. The Morgan fingerprint density at radius 3 is 2.65 bits per heavy atom. The Morgan fingerprint density at radius 1 is 1.35 bits per heavy atom. The molecule has 1 N–H and O–H groups in total. The molecule has 0 saturated heterocycles. The third-order valence-electron chi connectivity index (χ3n) is 3.16. The molecular formula is C15H19N3O2. The molecule has 1 heterocycles. The van der Waals surface area contributed by atoms with Crippen LogP contribution in [0.4, 0.5) is 5.69 Å². The zero-order valence-corrected chi connectivity index (χ0v) is 12.0. The minimum absolute atomic E-state index is 0.227. The van der Waals surface area contributed by atoms with E-state index in [0.717, 1.165) is 22.5 Å². The van der Waals surface area contributed by atoms with Gasteiger partial charge in [-0.15, -0.1) is 0 Å². The lowest BCUT2D eigenvalue weighted by Crippen LogP contribution is -2.09. The number of methoxy groups -OCH3 is 1. The topological polar surface area (TPSA) is 56.1 Å². The van der Waals surface area contributed by atoms with E-state index in [-0.39, 0.29) is 5.97 Å². The molecule has 2 aromatic rings. The summed E-state index contributed by atoms with van der Waals surface area (Å²) in [6.45, 7) is 2.61. The van der Waals surface area contributed by atoms with Crippen molar-refractivity contribution in [1.82, 2.24) is 9.78 Å². The highest BCUT2D eigenvalue weighted by Crippen LogP contribution is 2.16. The smallest absolute Gasteiger partial charge is 0.309 e. The van der Waals surface area contributed by atoms with E-state index in [0.29, 0.717) is 13.0 Å². The van der Waals surface area contributed by atoms with Gasteiger partial charge in [-0.3, -0.25) is 9.48 Å². The highest BCUT2D eigenvalue weighted by atomic mass is 16.5. The second-order valence-electron chi connectivity index (χ2n) is 4.68. The molecule has 0 radical (unpaired) electrons. The number of benzene rings is 1. The number of hydrogen-bond acceptors (Lipinski definition) is 4. The van der Waals surface area contributed by atoms with Gasteiger partial charge in [0, 0.05) is 19.8 Å². The first-order valence-electron chi connectivity index (χ1n) is 6.48. The summed E-state index contributed by atoms with van der Waals surface area (Å²) in [5.74, 6) is -0.227. The van der Waals surface area contributed by atoms with Crippen LogP contribution in [0, 0.1) is 6.92 Å². The number of carbonyl (C=O) groups excluding carboxylic acids is 1. The van der Waals surface area contributed by atoms with Crippen LogP contribution in [0.1, 0.15) is 16.8 Å². The lowest BCUT2D eigenvalue weighted by Gasteiger charge is -2.10. The van der Waals surface area contributed by atoms with E-state index in [9.17, 15) is 4.79 Å². The molecule has 2 rings (SSSR count). The molecule has 0 unspecified atom stereocenters. The minimum Gasteiger partial charge on any atom is -0.469 e. The Hall–Kier alpha value is -2.30. The van der Waals surface area contributed by atoms with Crippen LogP contribution < -0.4 is 5.32 Å². The van der Waals surface area contributed by atoms with E-state index >= 15 is 0 Å². The molecule has 0 spiro atoms. The lowest BCUT2D eigenvalue weighted by molar-refractivity contribution is -0.139. The van der Waals surface area contributed by atoms with Crippen LogP contribution in [0.3, 0.4) is 0 Å². The number of aryl methyl sites for hydroxylation is 2. The first kappa shape index (κ1) is 14.1. The molecule has 0 saturated carbocycles. The van der Waals surface area contributed by atoms with Gasteiger partial charge in [-0.1, -0.05) is 24.3 Å². The van der Waals surface area contributed by atoms with E-state index in [2.05, 4.69) is 10.4 Å². The van der Waals surface area contributed by atoms with Gasteiger partial charge in [-0.2, -0.15) is 5.10 Å². The van der Waals surface area contributed by atoms with Gasteiger partial charge in [0.25, 0.3) is 0 Å². The predicted octanol–water partition coefficient (Wildman–Crippen LogP) is 2.06. The molecule has 0 atom stereocenters. The molecule has 0 aliphatic heterocycles. The molecule has 0 aliphatic rings. The molecule has 0 amide bonds. The molecule has 106 valence electrons. The summed E-state index contributed by atoms with van der Waals surface area (Å²) in [5, 5.41) is 7.63. The van der Waals surface area contributed by atoms with Crippen molar-refractivity contribution in [3.05, 3.63) is 47.3 Å². The molecule has 1 aromatic carbocycles. The molecule has 5 nitrogen and oxygen atoms in total. The van der Waals surface area contributed by atoms with Gasteiger partial charge >= 0.3 is 5.97 Å². The summed E-state index contributed by atoms with van der Waals surface area (Å²) in [6, 6.07) is 7.85. The fourth-order valence-electron chi connectivity index (χ4n) is 2.09. The number of ether oxygens (including phenoxy) is 1. The van der Waals surface area contributed by atoms with Crippen molar-refractivity contribution in [3.63, 3.8) is 0 Å². The average Bonchev–Trinajstić information content (AvgIpc) is 2.76. The Morgan fingerprint density at radius 2 is 2.05 bits per heavy atom. The highest BCUT2D eigenvalue weighted by Gasteiger charge is 2.08. The number of rotatable bonds is 5. The number of hydrogen-bond donors (Lipinski definition) is 1. The van der Waals surface area contributed by atoms with Crippen LogP contribution >= 0.6 is 0 Å². The molecule has 0 fully saturated rings. The van der Waals surface area contributed by atoms with Gasteiger partial charge in [0.2, 0.25) is 0 Å². The summed E-state index contributed by atoms with van der Waals surface area (Å²) < 4.78 is 6.50. The number of anilines is 1. The Kier molecular flexibility index (Phi) is 4.40. The summed E-state index contributed by atoms with van der Waals surface area (Å²) in [5.41, 5.74) is 4.02. The van der Waals surface area contributed by atoms with Gasteiger partial charge in [0.05, 0.1) is 24.9 Å². The van der Waals surface area contributed by atoms with Crippen LogP contribution in [0.5, 0.6) is 0 Å². The fraction of sp³-hybridized carbons (Fsp3) is 0.333. The molecule has 20 heavy (non-hydrogen) atoms. The first-order valence-corrected chi connectivity index (χ1v) is 6.48. The number of nitrogens with zero attached hydrogens (tertiary/aromatic N) is 2. The van der Waals surface area contributed by atoms with Crippen molar-refractivity contribution in [3.8, 4) is 0 Å². The van der Waals surface area contributed by atoms with E-state index in [1.807, 2.05) is 44.4 Å². The van der Waals surface area contributed by atoms with Crippen molar-refractivity contribution in [2.24, 2.45) is 7.05 Å². The summed E-state index contributed by atoms with van der Waals surface area (Å²) in [6.07, 6.45) is 2.23. The fourth-order valence-corrected chi connectivity index (χ4v) is 2.09. The maximum atomic E-state index is 11.4. The van der Waals surface area contributed by atoms with Crippen molar-refractivity contribution in [2.75, 3.05) is 12.4 Å². The van der Waals surface area contributed by atoms with Gasteiger partial charge in [0.15, 0.2) is 0 Å². The van der Waals surface area contributed by atoms with Crippen LogP contribution in [0.15, 0.2) is 30.5 Å². The molecule has 5 heteroatoms. The van der Waals surface area contributed by atoms with E-state index < -0.39 is 0 Å². The monoisotopic (exact) mass is 273 g/mol. The predicted molar refractivity (Wildman–Crippen MR) is 77.4 cm³/mol. The van der Waals surface area contributed by atoms with E-state index in [1.54, 1.807) is 4.68 Å². The number of nitrogens with one attached hydrogen (secondary N) is 1. The summed E-state index contributed by atoms with van der Waals surface area (Å²) >= 11 is 0. The van der Waals surface area contributed by atoms with Crippen molar-refractivity contribution < 1.29 is 9.53 Å². The van der Waals surface area contributed by atoms with Gasteiger partial charge in [-0.25, -0.2) is 0 Å². The van der Waals surface area contributed by atoms with Crippen LogP contribution in [0.25, 0.3) is 0 Å². The number of esters is 1. The van der Waals surface area contributed by atoms with Gasteiger partial charge < -0.3 is 10.1 Å². The Bertz CT molecular complexity index is 605. The van der Waals surface area contributed by atoms with Gasteiger partial charge in [0.1, 0.15) is 0 Å². The normalized spacial score (nSPS) is 10.3. The third kappa shape index (κ3) is 3.38. The van der Waals surface area contributed by atoms with Crippen molar-refractivity contribution in [1.29, 1.82) is 0 Å². The second-order valence-corrected chi connectivity index (χ2v) is 4.68.